The van der Waals surface area contributed by atoms with Crippen LogP contribution in [0.25, 0.3) is 0 Å². The molecule has 0 fully saturated rings. The number of methoxy groups -OCH3 is 1. The Bertz CT molecular complexity index is 699. The number of hydrogen-bond donors (Lipinski definition) is 3. The van der Waals surface area contributed by atoms with E-state index in [0.29, 0.717) is 6.07 Å². The molecule has 21 heavy (non-hydrogen) atoms. The molecule has 1 amide bonds. The van der Waals surface area contributed by atoms with E-state index in [1.807, 2.05) is 0 Å². The van der Waals surface area contributed by atoms with Gasteiger partial charge in [0.15, 0.2) is 0 Å². The monoisotopic (exact) mass is 319 g/mol. The first kappa shape index (κ1) is 16.2. The van der Waals surface area contributed by atoms with Crippen LogP contribution in [0.4, 0.5) is 16.2 Å². The van der Waals surface area contributed by atoms with E-state index in [0.717, 1.165) is 19.2 Å². The number of carboxylic acid groups (broad SMARTS) is 1. The molecule has 0 atom stereocenters. The number of hydrogen-bond acceptors (Lipinski definition) is 7. The van der Waals surface area contributed by atoms with Crippen molar-refractivity contribution in [2.45, 2.75) is 0 Å². The van der Waals surface area contributed by atoms with Gasteiger partial charge in [-0.25, -0.2) is 14.3 Å². The number of benzene rings is 1. The van der Waals surface area contributed by atoms with E-state index in [2.05, 4.69) is 4.74 Å². The van der Waals surface area contributed by atoms with Gasteiger partial charge in [0, 0.05) is 12.1 Å². The van der Waals surface area contributed by atoms with Crippen LogP contribution in [0.3, 0.4) is 0 Å². The minimum Gasteiger partial charge on any atom is -0.478 e. The van der Waals surface area contributed by atoms with Gasteiger partial charge in [0.05, 0.1) is 23.3 Å². The normalized spacial score (nSPS) is 10.5. The number of aromatic carboxylic acids is 1. The van der Waals surface area contributed by atoms with E-state index in [4.69, 9.17) is 5.11 Å². The second-order valence-electron chi connectivity index (χ2n) is 3.49. The topological polar surface area (TPSA) is 165 Å². The first-order chi connectivity index (χ1) is 9.66. The lowest BCUT2D eigenvalue weighted by atomic mass is 10.1. The van der Waals surface area contributed by atoms with Crippen LogP contribution >= 0.6 is 0 Å². The lowest BCUT2D eigenvalue weighted by Gasteiger charge is -2.10. The van der Waals surface area contributed by atoms with Crippen molar-refractivity contribution in [3.8, 4) is 0 Å². The molecule has 0 saturated heterocycles. The predicted octanol–water partition coefficient (Wildman–Crippen LogP) is 0.306. The molecular formula is C9H9N3O8S. The average Bonchev–Trinajstić information content (AvgIpc) is 2.37. The summed E-state index contributed by atoms with van der Waals surface area (Å²) < 4.78 is 30.3. The molecule has 11 nitrogen and oxygen atoms in total. The summed E-state index contributed by atoms with van der Waals surface area (Å²) in [5.74, 6) is -1.59. The van der Waals surface area contributed by atoms with Crippen LogP contribution in [0.1, 0.15) is 10.4 Å². The van der Waals surface area contributed by atoms with Crippen molar-refractivity contribution in [3.63, 3.8) is 0 Å². The minimum absolute atomic E-state index is 0.454. The summed E-state index contributed by atoms with van der Waals surface area (Å²) in [6, 6.07) is 2.47. The number of nitro benzene ring substituents is 1. The van der Waals surface area contributed by atoms with Gasteiger partial charge in [0.25, 0.3) is 5.69 Å². The van der Waals surface area contributed by atoms with Gasteiger partial charge in [-0.05, 0) is 6.07 Å². The largest absolute Gasteiger partial charge is 0.478 e. The van der Waals surface area contributed by atoms with Crippen molar-refractivity contribution in [3.05, 3.63) is 33.9 Å². The summed E-state index contributed by atoms with van der Waals surface area (Å²) in [5.41, 5.74) is -1.64. The van der Waals surface area contributed by atoms with Crippen LogP contribution in [-0.4, -0.2) is 37.6 Å². The summed E-state index contributed by atoms with van der Waals surface area (Å²) in [6.07, 6.45) is -1.29. The zero-order valence-corrected chi connectivity index (χ0v) is 11.2. The van der Waals surface area contributed by atoms with E-state index in [1.165, 1.54) is 4.72 Å². The van der Waals surface area contributed by atoms with Gasteiger partial charge in [0.1, 0.15) is 0 Å². The Morgan fingerprint density at radius 2 is 2.00 bits per heavy atom. The van der Waals surface area contributed by atoms with Crippen LogP contribution in [0.5, 0.6) is 0 Å². The summed E-state index contributed by atoms with van der Waals surface area (Å²) in [7, 11) is -3.51. The second-order valence-corrected chi connectivity index (χ2v) is 4.91. The van der Waals surface area contributed by atoms with Gasteiger partial charge >= 0.3 is 22.3 Å². The van der Waals surface area contributed by atoms with Crippen LogP contribution in [-0.2, 0) is 14.9 Å². The van der Waals surface area contributed by atoms with Gasteiger partial charge in [-0.2, -0.15) is 8.42 Å². The Kier molecular flexibility index (Phi) is 4.65. The molecule has 1 aromatic rings. The quantitative estimate of drug-likeness (QED) is 0.515. The summed E-state index contributed by atoms with van der Waals surface area (Å²) >= 11 is 0. The molecular weight excluding hydrogens is 310 g/mol. The van der Waals surface area contributed by atoms with Crippen molar-refractivity contribution >= 4 is 33.6 Å². The molecule has 0 bridgehead atoms. The molecule has 114 valence electrons. The van der Waals surface area contributed by atoms with Gasteiger partial charge in [0.2, 0.25) is 0 Å². The van der Waals surface area contributed by atoms with Crippen LogP contribution in [0.2, 0.25) is 0 Å². The molecule has 0 saturated carbocycles. The van der Waals surface area contributed by atoms with E-state index in [1.54, 1.807) is 4.72 Å². The standard InChI is InChI=1S/C9H9N3O8S/c1-20-9(15)11-21(18,19)10-7-3-2-5(12(16)17)4-6(7)8(13)14/h2-4,10H,1H3,(H,11,15)(H,13,14). The summed E-state index contributed by atoms with van der Waals surface area (Å²) in [5, 5.41) is 19.5. The van der Waals surface area contributed by atoms with Gasteiger partial charge in [-0.3, -0.25) is 14.8 Å². The molecule has 12 heteroatoms. The summed E-state index contributed by atoms with van der Waals surface area (Å²) in [6.45, 7) is 0. The molecule has 0 aliphatic heterocycles. The third kappa shape index (κ3) is 4.31. The second kappa shape index (κ2) is 6.04. The van der Waals surface area contributed by atoms with Crippen molar-refractivity contribution in [1.29, 1.82) is 0 Å². The molecule has 0 spiro atoms. The van der Waals surface area contributed by atoms with Crippen molar-refractivity contribution in [1.82, 2.24) is 4.72 Å². The SMILES string of the molecule is COC(=O)NS(=O)(=O)Nc1ccc([N+](=O)[O-])cc1C(=O)O. The first-order valence-electron chi connectivity index (χ1n) is 5.06. The third-order valence-corrected chi connectivity index (χ3v) is 3.02. The molecule has 0 aromatic heterocycles. The lowest BCUT2D eigenvalue weighted by Crippen LogP contribution is -2.35. The fourth-order valence-electron chi connectivity index (χ4n) is 1.23. The van der Waals surface area contributed by atoms with Crippen molar-refractivity contribution in [2.75, 3.05) is 11.8 Å². The van der Waals surface area contributed by atoms with E-state index in [-0.39, 0.29) is 0 Å². The highest BCUT2D eigenvalue weighted by atomic mass is 32.2. The van der Waals surface area contributed by atoms with Crippen molar-refractivity contribution < 1.29 is 32.8 Å². The highest BCUT2D eigenvalue weighted by Gasteiger charge is 2.21. The fourth-order valence-corrected chi connectivity index (χ4v) is 2.05. The molecule has 1 aromatic carbocycles. The molecule has 0 aliphatic rings. The number of amides is 1. The number of carbonyl (C=O) groups excluding carboxylic acids is 1. The number of non-ortho nitro benzene ring substituents is 1. The smallest absolute Gasteiger partial charge is 0.422 e. The number of carbonyl (C=O) groups is 2. The molecule has 3 N–H and O–H groups in total. The van der Waals surface area contributed by atoms with Crippen LogP contribution in [0.15, 0.2) is 18.2 Å². The highest BCUT2D eigenvalue weighted by molar-refractivity contribution is 7.91. The number of nitrogens with one attached hydrogen (secondary N) is 2. The Hall–Kier alpha value is -2.89. The maximum Gasteiger partial charge on any atom is 0.422 e. The van der Waals surface area contributed by atoms with Crippen molar-refractivity contribution in [2.24, 2.45) is 0 Å². The number of rotatable bonds is 5. The third-order valence-electron chi connectivity index (χ3n) is 2.09. The van der Waals surface area contributed by atoms with Gasteiger partial charge in [-0.1, -0.05) is 0 Å². The zero-order valence-electron chi connectivity index (χ0n) is 10.4. The maximum atomic E-state index is 11.5. The number of anilines is 1. The number of ether oxygens (including phenoxy) is 1. The number of carboxylic acids is 1. The van der Waals surface area contributed by atoms with E-state index < -0.39 is 44.1 Å². The Balaban J connectivity index is 3.16. The van der Waals surface area contributed by atoms with Gasteiger partial charge in [-0.15, -0.1) is 0 Å². The molecule has 0 unspecified atom stereocenters. The minimum atomic E-state index is -4.44. The highest BCUT2D eigenvalue weighted by Crippen LogP contribution is 2.22. The predicted molar refractivity (Wildman–Crippen MR) is 68.1 cm³/mol. The van der Waals surface area contributed by atoms with E-state index >= 15 is 0 Å². The summed E-state index contributed by atoms with van der Waals surface area (Å²) in [4.78, 5) is 31.5. The first-order valence-corrected chi connectivity index (χ1v) is 6.55. The molecule has 0 radical (unpaired) electrons. The Morgan fingerprint density at radius 1 is 1.38 bits per heavy atom. The fraction of sp³-hybridized carbons (Fsp3) is 0.111. The number of nitro groups is 1. The average molecular weight is 319 g/mol. The van der Waals surface area contributed by atoms with Crippen LogP contribution < -0.4 is 9.44 Å². The Labute approximate surface area is 117 Å². The van der Waals surface area contributed by atoms with E-state index in [9.17, 15) is 28.1 Å². The number of nitrogens with zero attached hydrogens (tertiary/aromatic N) is 1. The lowest BCUT2D eigenvalue weighted by molar-refractivity contribution is -0.384. The molecule has 0 heterocycles. The zero-order chi connectivity index (χ0) is 16.2. The molecule has 1 rings (SSSR count). The maximum absolute atomic E-state index is 11.5. The Morgan fingerprint density at radius 3 is 2.48 bits per heavy atom. The molecule has 0 aliphatic carbocycles. The van der Waals surface area contributed by atoms with Crippen LogP contribution in [0, 0.1) is 10.1 Å². The van der Waals surface area contributed by atoms with Gasteiger partial charge < -0.3 is 9.84 Å².